The summed E-state index contributed by atoms with van der Waals surface area (Å²) in [5.41, 5.74) is 7.12. The molecule has 0 spiro atoms. The van der Waals surface area contributed by atoms with Crippen LogP contribution in [0.25, 0.3) is 0 Å². The number of ether oxygens (including phenoxy) is 2. The summed E-state index contributed by atoms with van der Waals surface area (Å²) < 4.78 is 12.5. The van der Waals surface area contributed by atoms with Gasteiger partial charge in [0.2, 0.25) is 0 Å². The van der Waals surface area contributed by atoms with Crippen molar-refractivity contribution >= 4 is 0 Å². The highest BCUT2D eigenvalue weighted by Gasteiger charge is 2.11. The fourth-order valence-electron chi connectivity index (χ4n) is 7.55. The molecule has 1 aromatic rings. The second-order valence-electron chi connectivity index (χ2n) is 18.3. The van der Waals surface area contributed by atoms with Gasteiger partial charge in [-0.1, -0.05) is 185 Å². The molecule has 0 bridgehead atoms. The van der Waals surface area contributed by atoms with Crippen molar-refractivity contribution in [2.75, 3.05) is 13.2 Å². The average Bonchev–Trinajstić information content (AvgIpc) is 3.04. The molecule has 0 aliphatic rings. The SMILES string of the molecule is CC(C)CCC[C@@H](C)CCC[C@@H](C)CCCC(C)CCOc1cc(CN)cc(OCCC(C)CCC[C@H](C)CCC[C@H](C)CCCC(C)C)c1. The van der Waals surface area contributed by atoms with Gasteiger partial charge in [-0.2, -0.15) is 0 Å². The van der Waals surface area contributed by atoms with Crippen LogP contribution in [0.3, 0.4) is 0 Å². The van der Waals surface area contributed by atoms with Crippen LogP contribution in [0.15, 0.2) is 18.2 Å². The molecule has 294 valence electrons. The van der Waals surface area contributed by atoms with E-state index in [4.69, 9.17) is 15.2 Å². The third-order valence-electron chi connectivity index (χ3n) is 11.5. The lowest BCUT2D eigenvalue weighted by molar-refractivity contribution is 0.262. The summed E-state index contributed by atoms with van der Waals surface area (Å²) in [6.45, 7) is 26.0. The van der Waals surface area contributed by atoms with Gasteiger partial charge in [0, 0.05) is 12.6 Å². The van der Waals surface area contributed by atoms with Crippen molar-refractivity contribution in [1.82, 2.24) is 0 Å². The fourth-order valence-corrected chi connectivity index (χ4v) is 7.55. The molecular formula is C47H89NO2. The van der Waals surface area contributed by atoms with Gasteiger partial charge in [-0.3, -0.25) is 0 Å². The maximum atomic E-state index is 6.24. The molecule has 0 heterocycles. The Labute approximate surface area is 314 Å². The van der Waals surface area contributed by atoms with Gasteiger partial charge in [-0.15, -0.1) is 0 Å². The minimum Gasteiger partial charge on any atom is -0.493 e. The van der Waals surface area contributed by atoms with Crippen molar-refractivity contribution < 1.29 is 9.47 Å². The molecule has 2 unspecified atom stereocenters. The Hall–Kier alpha value is -1.22. The van der Waals surface area contributed by atoms with Crippen LogP contribution in [-0.4, -0.2) is 13.2 Å². The summed E-state index contributed by atoms with van der Waals surface area (Å²) in [7, 11) is 0. The van der Waals surface area contributed by atoms with Crippen LogP contribution in [0, 0.1) is 47.3 Å². The van der Waals surface area contributed by atoms with E-state index >= 15 is 0 Å². The summed E-state index contributed by atoms with van der Waals surface area (Å²) in [5.74, 6) is 8.36. The molecule has 0 aromatic heterocycles. The molecule has 3 nitrogen and oxygen atoms in total. The first-order valence-electron chi connectivity index (χ1n) is 22.0. The van der Waals surface area contributed by atoms with E-state index < -0.39 is 0 Å². The fraction of sp³-hybridized carbons (Fsp3) is 0.872. The van der Waals surface area contributed by atoms with Gasteiger partial charge in [-0.25, -0.2) is 0 Å². The maximum absolute atomic E-state index is 6.24. The molecule has 6 atom stereocenters. The standard InChI is InChI=1S/C47H89NO2/c1-37(2)17-11-19-39(5)21-13-23-41(7)25-15-27-43(9)29-31-49-46-33-45(36-48)34-47(35-46)50-32-30-44(10)28-16-26-42(8)24-14-22-40(6)20-12-18-38(3)4/h33-35,37-44H,11-32,36,48H2,1-10H3/t39-,40-,41-,42-,43?,44?/m1/s1. The van der Waals surface area contributed by atoms with Gasteiger partial charge in [0.05, 0.1) is 13.2 Å². The molecule has 50 heavy (non-hydrogen) atoms. The Morgan fingerprint density at radius 3 is 0.900 bits per heavy atom. The molecule has 0 saturated carbocycles. The average molecular weight is 700 g/mol. The highest BCUT2D eigenvalue weighted by molar-refractivity contribution is 5.38. The topological polar surface area (TPSA) is 44.5 Å². The Balaban J connectivity index is 2.22. The van der Waals surface area contributed by atoms with E-state index in [-0.39, 0.29) is 0 Å². The molecule has 0 aliphatic carbocycles. The summed E-state index contributed by atoms with van der Waals surface area (Å²) in [6, 6.07) is 6.23. The Kier molecular flexibility index (Phi) is 27.4. The maximum Gasteiger partial charge on any atom is 0.123 e. The summed E-state index contributed by atoms with van der Waals surface area (Å²) in [6.07, 6.45) is 27.0. The third kappa shape index (κ3) is 26.5. The third-order valence-corrected chi connectivity index (χ3v) is 11.5. The highest BCUT2D eigenvalue weighted by Crippen LogP contribution is 2.27. The van der Waals surface area contributed by atoms with Gasteiger partial charge < -0.3 is 15.2 Å². The van der Waals surface area contributed by atoms with E-state index in [0.29, 0.717) is 18.4 Å². The van der Waals surface area contributed by atoms with Crippen molar-refractivity contribution in [2.45, 2.75) is 204 Å². The molecule has 0 amide bonds. The van der Waals surface area contributed by atoms with Crippen molar-refractivity contribution in [1.29, 1.82) is 0 Å². The lowest BCUT2D eigenvalue weighted by Crippen LogP contribution is -2.08. The van der Waals surface area contributed by atoms with Gasteiger partial charge in [-0.05, 0) is 77.9 Å². The molecular weight excluding hydrogens is 611 g/mol. The lowest BCUT2D eigenvalue weighted by Gasteiger charge is -2.17. The zero-order valence-electron chi connectivity index (χ0n) is 35.5. The Morgan fingerprint density at radius 2 is 0.640 bits per heavy atom. The van der Waals surface area contributed by atoms with E-state index in [2.05, 4.69) is 87.4 Å². The van der Waals surface area contributed by atoms with Crippen LogP contribution in [0.5, 0.6) is 11.5 Å². The van der Waals surface area contributed by atoms with E-state index in [0.717, 1.165) is 78.6 Å². The molecule has 3 heteroatoms. The predicted octanol–water partition coefficient (Wildman–Crippen LogP) is 14.8. The smallest absolute Gasteiger partial charge is 0.123 e. The predicted molar refractivity (Wildman–Crippen MR) is 222 cm³/mol. The largest absolute Gasteiger partial charge is 0.493 e. The normalized spacial score (nSPS) is 15.6. The number of benzene rings is 1. The Bertz CT molecular complexity index is 844. The molecule has 2 N–H and O–H groups in total. The molecule has 0 aliphatic heterocycles. The zero-order valence-corrected chi connectivity index (χ0v) is 35.5. The molecule has 1 aromatic carbocycles. The molecule has 0 saturated heterocycles. The zero-order chi connectivity index (χ0) is 37.1. The quantitative estimate of drug-likeness (QED) is 0.0794. The Morgan fingerprint density at radius 1 is 0.380 bits per heavy atom. The van der Waals surface area contributed by atoms with Gasteiger partial charge in [0.15, 0.2) is 0 Å². The van der Waals surface area contributed by atoms with Crippen molar-refractivity contribution in [3.05, 3.63) is 23.8 Å². The first-order valence-corrected chi connectivity index (χ1v) is 22.0. The minimum absolute atomic E-state index is 0.505. The summed E-state index contributed by atoms with van der Waals surface area (Å²) in [4.78, 5) is 0. The van der Waals surface area contributed by atoms with Crippen LogP contribution in [0.4, 0.5) is 0 Å². The van der Waals surface area contributed by atoms with Crippen LogP contribution in [0.1, 0.15) is 203 Å². The van der Waals surface area contributed by atoms with Crippen molar-refractivity contribution in [3.8, 4) is 11.5 Å². The minimum atomic E-state index is 0.505. The van der Waals surface area contributed by atoms with Crippen molar-refractivity contribution in [3.63, 3.8) is 0 Å². The van der Waals surface area contributed by atoms with Gasteiger partial charge in [0.1, 0.15) is 11.5 Å². The van der Waals surface area contributed by atoms with Crippen LogP contribution >= 0.6 is 0 Å². The van der Waals surface area contributed by atoms with E-state index in [1.165, 1.54) is 116 Å². The van der Waals surface area contributed by atoms with Crippen molar-refractivity contribution in [2.24, 2.45) is 53.1 Å². The summed E-state index contributed by atoms with van der Waals surface area (Å²) >= 11 is 0. The number of nitrogens with two attached hydrogens (primary N) is 1. The number of hydrogen-bond acceptors (Lipinski definition) is 3. The first-order chi connectivity index (χ1) is 23.9. The second-order valence-corrected chi connectivity index (χ2v) is 18.3. The molecule has 0 radical (unpaired) electrons. The van der Waals surface area contributed by atoms with E-state index in [1.54, 1.807) is 0 Å². The number of hydrogen-bond donors (Lipinski definition) is 1. The lowest BCUT2D eigenvalue weighted by atomic mass is 9.91. The molecule has 0 fully saturated rings. The van der Waals surface area contributed by atoms with Crippen LogP contribution in [0.2, 0.25) is 0 Å². The highest BCUT2D eigenvalue weighted by atomic mass is 16.5. The first kappa shape index (κ1) is 46.8. The van der Waals surface area contributed by atoms with Gasteiger partial charge >= 0.3 is 0 Å². The number of rotatable bonds is 33. The van der Waals surface area contributed by atoms with E-state index in [1.807, 2.05) is 0 Å². The monoisotopic (exact) mass is 700 g/mol. The molecule has 1 rings (SSSR count). The van der Waals surface area contributed by atoms with Crippen LogP contribution in [-0.2, 0) is 6.54 Å². The second kappa shape index (κ2) is 29.3. The summed E-state index contributed by atoms with van der Waals surface area (Å²) in [5, 5.41) is 0. The van der Waals surface area contributed by atoms with Crippen LogP contribution < -0.4 is 15.2 Å². The van der Waals surface area contributed by atoms with Gasteiger partial charge in [0.25, 0.3) is 0 Å². The van der Waals surface area contributed by atoms with E-state index in [9.17, 15) is 0 Å².